The Morgan fingerprint density at radius 2 is 1.57 bits per heavy atom. The van der Waals surface area contributed by atoms with Crippen molar-refractivity contribution in [3.63, 3.8) is 0 Å². The molecule has 0 bridgehead atoms. The Balaban J connectivity index is 1.77. The first kappa shape index (κ1) is 13.7. The third-order valence-electron chi connectivity index (χ3n) is 4.33. The molecule has 1 aromatic heterocycles. The molecule has 4 amide bonds. The molecule has 2 aliphatic heterocycles. The first-order valence-electron chi connectivity index (χ1n) is 7.27. The van der Waals surface area contributed by atoms with Gasteiger partial charge in [-0.05, 0) is 18.6 Å². The fourth-order valence-electron chi connectivity index (χ4n) is 3.25. The zero-order chi connectivity index (χ0) is 16.3. The summed E-state index contributed by atoms with van der Waals surface area (Å²) in [5, 5.41) is 3.90. The summed E-state index contributed by atoms with van der Waals surface area (Å²) in [6, 6.07) is 2.43. The lowest BCUT2D eigenvalue weighted by atomic mass is 10.0. The zero-order valence-electron chi connectivity index (χ0n) is 12.3. The third-order valence-corrected chi connectivity index (χ3v) is 4.33. The van der Waals surface area contributed by atoms with Gasteiger partial charge in [-0.15, -0.1) is 0 Å². The summed E-state index contributed by atoms with van der Waals surface area (Å²) in [7, 11) is 1.87. The van der Waals surface area contributed by atoms with Crippen LogP contribution in [0.5, 0.6) is 0 Å². The molecule has 0 radical (unpaired) electrons. The number of fused-ring (bicyclic) bond motifs is 2. The number of nitrogens with one attached hydrogen (secondary N) is 1. The van der Waals surface area contributed by atoms with Gasteiger partial charge in [0.15, 0.2) is 0 Å². The van der Waals surface area contributed by atoms with Crippen molar-refractivity contribution in [2.24, 2.45) is 7.05 Å². The summed E-state index contributed by atoms with van der Waals surface area (Å²) in [6.07, 6.45) is 4.01. The molecule has 0 aliphatic carbocycles. The Labute approximate surface area is 130 Å². The first-order valence-corrected chi connectivity index (χ1v) is 7.27. The maximum absolute atomic E-state index is 12.6. The minimum atomic E-state index is -0.925. The minimum Gasteiger partial charge on any atom is -0.356 e. The molecule has 0 spiro atoms. The number of hydrogen-bond acceptors (Lipinski definition) is 4. The Bertz CT molecular complexity index is 858. The number of nitrogens with zero attached hydrogens (tertiary/aromatic N) is 2. The lowest BCUT2D eigenvalue weighted by molar-refractivity contribution is -0.136. The number of rotatable bonds is 1. The second kappa shape index (κ2) is 4.52. The van der Waals surface area contributed by atoms with Crippen molar-refractivity contribution in [1.29, 1.82) is 0 Å². The maximum Gasteiger partial charge on any atom is 0.262 e. The van der Waals surface area contributed by atoms with Crippen LogP contribution in [0.15, 0.2) is 24.5 Å². The van der Waals surface area contributed by atoms with E-state index in [9.17, 15) is 19.2 Å². The summed E-state index contributed by atoms with van der Waals surface area (Å²) in [4.78, 5) is 49.4. The molecule has 116 valence electrons. The highest BCUT2D eigenvalue weighted by Crippen LogP contribution is 2.31. The number of benzene rings is 1. The van der Waals surface area contributed by atoms with Gasteiger partial charge < -0.3 is 4.57 Å². The number of carbonyl (C=O) groups excluding carboxylic acids is 4. The van der Waals surface area contributed by atoms with Crippen LogP contribution >= 0.6 is 0 Å². The zero-order valence-corrected chi connectivity index (χ0v) is 12.3. The molecular formula is C16H13N3O4. The molecule has 0 saturated carbocycles. The summed E-state index contributed by atoms with van der Waals surface area (Å²) < 4.78 is 1.85. The maximum atomic E-state index is 12.6. The molecule has 1 unspecified atom stereocenters. The second-order valence-electron chi connectivity index (χ2n) is 5.90. The van der Waals surface area contributed by atoms with E-state index in [-0.39, 0.29) is 18.7 Å². The van der Waals surface area contributed by atoms with Crippen LogP contribution in [-0.2, 0) is 16.6 Å². The van der Waals surface area contributed by atoms with E-state index in [2.05, 4.69) is 5.32 Å². The third kappa shape index (κ3) is 1.89. The molecule has 2 aliphatic rings. The molecule has 1 fully saturated rings. The van der Waals surface area contributed by atoms with E-state index >= 15 is 0 Å². The van der Waals surface area contributed by atoms with E-state index in [1.165, 1.54) is 0 Å². The van der Waals surface area contributed by atoms with E-state index in [1.54, 1.807) is 12.1 Å². The van der Waals surface area contributed by atoms with E-state index < -0.39 is 23.8 Å². The molecular weight excluding hydrogens is 298 g/mol. The highest BCUT2D eigenvalue weighted by atomic mass is 16.2. The fourth-order valence-corrected chi connectivity index (χ4v) is 3.25. The van der Waals surface area contributed by atoms with Gasteiger partial charge in [0.25, 0.3) is 11.8 Å². The summed E-state index contributed by atoms with van der Waals surface area (Å²) in [5.74, 6) is -1.94. The average Bonchev–Trinajstić information content (AvgIpc) is 2.96. The Kier molecular flexibility index (Phi) is 2.69. The molecule has 1 aromatic carbocycles. The number of hydrogen-bond donors (Lipinski definition) is 1. The van der Waals surface area contributed by atoms with Crippen molar-refractivity contribution in [1.82, 2.24) is 14.8 Å². The van der Waals surface area contributed by atoms with Gasteiger partial charge in [-0.2, -0.15) is 0 Å². The van der Waals surface area contributed by atoms with Gasteiger partial charge in [0.2, 0.25) is 11.8 Å². The number of carbonyl (C=O) groups is 4. The summed E-state index contributed by atoms with van der Waals surface area (Å²) >= 11 is 0. The van der Waals surface area contributed by atoms with Gasteiger partial charge in [-0.3, -0.25) is 29.4 Å². The van der Waals surface area contributed by atoms with Crippen molar-refractivity contribution >= 4 is 34.4 Å². The number of imide groups is 2. The van der Waals surface area contributed by atoms with E-state index in [0.717, 1.165) is 15.7 Å². The van der Waals surface area contributed by atoms with Crippen molar-refractivity contribution < 1.29 is 19.2 Å². The predicted octanol–water partition coefficient (Wildman–Crippen LogP) is 0.579. The predicted molar refractivity (Wildman–Crippen MR) is 79.6 cm³/mol. The monoisotopic (exact) mass is 311 g/mol. The minimum absolute atomic E-state index is 0.118. The van der Waals surface area contributed by atoms with Crippen LogP contribution in [0.2, 0.25) is 0 Å². The van der Waals surface area contributed by atoms with Gasteiger partial charge in [0, 0.05) is 36.6 Å². The molecule has 2 aromatic rings. The largest absolute Gasteiger partial charge is 0.356 e. The molecule has 1 N–H and O–H groups in total. The smallest absolute Gasteiger partial charge is 0.262 e. The first-order chi connectivity index (χ1) is 11.0. The highest BCUT2D eigenvalue weighted by Gasteiger charge is 2.44. The summed E-state index contributed by atoms with van der Waals surface area (Å²) in [6.45, 7) is 0. The topological polar surface area (TPSA) is 88.5 Å². The van der Waals surface area contributed by atoms with Crippen molar-refractivity contribution in [2.75, 3.05) is 0 Å². The van der Waals surface area contributed by atoms with E-state index in [4.69, 9.17) is 0 Å². The highest BCUT2D eigenvalue weighted by molar-refractivity contribution is 6.25. The lowest BCUT2D eigenvalue weighted by Gasteiger charge is -2.27. The number of aromatic nitrogens is 1. The molecule has 7 heteroatoms. The van der Waals surface area contributed by atoms with Gasteiger partial charge in [-0.25, -0.2) is 0 Å². The Hall–Kier alpha value is -2.96. The van der Waals surface area contributed by atoms with E-state index in [1.807, 2.05) is 24.0 Å². The number of piperidine rings is 1. The van der Waals surface area contributed by atoms with Gasteiger partial charge >= 0.3 is 0 Å². The SMILES string of the molecule is Cn1cc2cc3c(cc2c1)C(=O)N(C1CCC(=O)NC1=O)C3=O. The van der Waals surface area contributed by atoms with Crippen molar-refractivity contribution in [3.8, 4) is 0 Å². The van der Waals surface area contributed by atoms with Gasteiger partial charge in [-0.1, -0.05) is 0 Å². The molecule has 3 heterocycles. The van der Waals surface area contributed by atoms with Crippen LogP contribution < -0.4 is 5.32 Å². The Morgan fingerprint density at radius 1 is 1.00 bits per heavy atom. The number of amides is 4. The number of aryl methyl sites for hydroxylation is 1. The van der Waals surface area contributed by atoms with Crippen LogP contribution in [0, 0.1) is 0 Å². The molecule has 1 atom stereocenters. The normalized spacial score (nSPS) is 21.1. The van der Waals surface area contributed by atoms with Crippen molar-refractivity contribution in [2.45, 2.75) is 18.9 Å². The standard InChI is InChI=1S/C16H13N3O4/c1-18-6-8-4-10-11(5-9(8)7-18)16(23)19(15(10)22)12-2-3-13(20)17-14(12)21/h4-7,12H,2-3H2,1H3,(H,17,20,21). The molecule has 7 nitrogen and oxygen atoms in total. The van der Waals surface area contributed by atoms with Crippen LogP contribution in [0.1, 0.15) is 33.6 Å². The Morgan fingerprint density at radius 3 is 2.09 bits per heavy atom. The van der Waals surface area contributed by atoms with Crippen LogP contribution in [0.3, 0.4) is 0 Å². The van der Waals surface area contributed by atoms with Crippen LogP contribution in [0.4, 0.5) is 0 Å². The van der Waals surface area contributed by atoms with Gasteiger partial charge in [0.1, 0.15) is 6.04 Å². The fraction of sp³-hybridized carbons (Fsp3) is 0.250. The second-order valence-corrected chi connectivity index (χ2v) is 5.90. The lowest BCUT2D eigenvalue weighted by Crippen LogP contribution is -2.54. The molecule has 1 saturated heterocycles. The summed E-state index contributed by atoms with van der Waals surface area (Å²) in [5.41, 5.74) is 0.608. The van der Waals surface area contributed by atoms with Crippen LogP contribution in [-0.4, -0.2) is 39.1 Å². The molecule has 23 heavy (non-hydrogen) atoms. The van der Waals surface area contributed by atoms with Crippen LogP contribution in [0.25, 0.3) is 10.8 Å². The van der Waals surface area contributed by atoms with Gasteiger partial charge in [0.05, 0.1) is 11.1 Å². The average molecular weight is 311 g/mol. The quantitative estimate of drug-likeness (QED) is 0.780. The molecule has 4 rings (SSSR count). The van der Waals surface area contributed by atoms with E-state index in [0.29, 0.717) is 11.1 Å². The van der Waals surface area contributed by atoms with Crippen molar-refractivity contribution in [3.05, 3.63) is 35.7 Å².